The predicted molar refractivity (Wildman–Crippen MR) is 77.8 cm³/mol. The maximum atomic E-state index is 12.3. The third-order valence-electron chi connectivity index (χ3n) is 3.25. The highest BCUT2D eigenvalue weighted by molar-refractivity contribution is 5.34. The molecule has 1 aliphatic rings. The molecule has 0 aliphatic heterocycles. The molecule has 0 saturated heterocycles. The van der Waals surface area contributed by atoms with Gasteiger partial charge in [0.15, 0.2) is 5.82 Å². The van der Waals surface area contributed by atoms with Crippen molar-refractivity contribution in [3.05, 3.63) is 22.7 Å². The van der Waals surface area contributed by atoms with Gasteiger partial charge in [0.2, 0.25) is 0 Å². The van der Waals surface area contributed by atoms with Crippen LogP contribution in [0.1, 0.15) is 39.7 Å². The molecule has 0 unspecified atom stereocenters. The topological polar surface area (TPSA) is 50.2 Å². The zero-order valence-corrected chi connectivity index (χ0v) is 12.3. The molecule has 106 valence electrons. The fourth-order valence-corrected chi connectivity index (χ4v) is 2.02. The summed E-state index contributed by atoms with van der Waals surface area (Å²) >= 11 is 0. The Hall–Kier alpha value is -1.36. The Morgan fingerprint density at radius 1 is 1.47 bits per heavy atom. The van der Waals surface area contributed by atoms with Gasteiger partial charge in [0.25, 0.3) is 5.56 Å². The number of hydrogen-bond donors (Lipinski definition) is 1. The van der Waals surface area contributed by atoms with Gasteiger partial charge < -0.3 is 14.8 Å². The minimum atomic E-state index is 0.0308. The second-order valence-electron chi connectivity index (χ2n) is 6.29. The second-order valence-corrected chi connectivity index (χ2v) is 6.29. The van der Waals surface area contributed by atoms with E-state index in [1.165, 1.54) is 0 Å². The molecule has 0 aromatic carbocycles. The number of anilines is 1. The molecule has 0 bridgehead atoms. The van der Waals surface area contributed by atoms with Crippen LogP contribution in [0.3, 0.4) is 0 Å². The van der Waals surface area contributed by atoms with E-state index < -0.39 is 0 Å². The Balaban J connectivity index is 2.01. The highest BCUT2D eigenvalue weighted by Gasteiger charge is 2.25. The number of likely N-dealkylation sites (N-methyl/N-ethyl adjacent to an activating group) is 1. The molecule has 1 saturated carbocycles. The zero-order chi connectivity index (χ0) is 14.0. The Morgan fingerprint density at radius 3 is 2.74 bits per heavy atom. The van der Waals surface area contributed by atoms with Crippen molar-refractivity contribution in [3.8, 4) is 0 Å². The van der Waals surface area contributed by atoms with E-state index >= 15 is 0 Å². The molecule has 2 rings (SSSR count). The van der Waals surface area contributed by atoms with Gasteiger partial charge in [0, 0.05) is 44.1 Å². The van der Waals surface area contributed by atoms with E-state index in [0.717, 1.165) is 25.9 Å². The lowest BCUT2D eigenvalue weighted by molar-refractivity contribution is 0.430. The molecular weight excluding hydrogens is 240 g/mol. The fourth-order valence-electron chi connectivity index (χ4n) is 2.02. The molecule has 0 amide bonds. The highest BCUT2D eigenvalue weighted by Crippen LogP contribution is 2.33. The summed E-state index contributed by atoms with van der Waals surface area (Å²) in [6.45, 7) is 8.00. The van der Waals surface area contributed by atoms with Crippen LogP contribution < -0.4 is 15.8 Å². The molecule has 1 aromatic rings. The fraction of sp³-hybridized carbons (Fsp3) is 0.714. The monoisotopic (exact) mass is 264 g/mol. The first-order chi connectivity index (χ1) is 8.88. The maximum absolute atomic E-state index is 12.3. The molecule has 1 N–H and O–H groups in total. The van der Waals surface area contributed by atoms with Crippen molar-refractivity contribution in [2.24, 2.45) is 0 Å². The normalized spacial score (nSPS) is 15.6. The number of nitrogens with one attached hydrogen (secondary N) is 1. The minimum Gasteiger partial charge on any atom is -0.354 e. The van der Waals surface area contributed by atoms with Crippen molar-refractivity contribution in [3.63, 3.8) is 0 Å². The summed E-state index contributed by atoms with van der Waals surface area (Å²) in [5.74, 6) is 0.546. The van der Waals surface area contributed by atoms with Gasteiger partial charge in [-0.05, 0) is 33.6 Å². The first-order valence-electron chi connectivity index (χ1n) is 6.92. The lowest BCUT2D eigenvalue weighted by atomic mass is 10.1. The molecule has 1 aromatic heterocycles. The molecule has 1 fully saturated rings. The van der Waals surface area contributed by atoms with Crippen LogP contribution in [0.15, 0.2) is 17.2 Å². The van der Waals surface area contributed by atoms with Gasteiger partial charge in [-0.2, -0.15) is 0 Å². The molecular formula is C14H24N4O. The molecule has 1 aliphatic carbocycles. The van der Waals surface area contributed by atoms with Gasteiger partial charge in [0.05, 0.1) is 0 Å². The molecule has 19 heavy (non-hydrogen) atoms. The quantitative estimate of drug-likeness (QED) is 0.873. The van der Waals surface area contributed by atoms with Crippen LogP contribution in [0.25, 0.3) is 0 Å². The third kappa shape index (κ3) is 3.80. The summed E-state index contributed by atoms with van der Waals surface area (Å²) in [6, 6.07) is 0.398. The van der Waals surface area contributed by atoms with Gasteiger partial charge in [-0.15, -0.1) is 0 Å². The van der Waals surface area contributed by atoms with Crippen molar-refractivity contribution in [2.45, 2.75) is 45.2 Å². The summed E-state index contributed by atoms with van der Waals surface area (Å²) in [7, 11) is 1.92. The average molecular weight is 264 g/mol. The van der Waals surface area contributed by atoms with Crippen LogP contribution in [-0.4, -0.2) is 35.2 Å². The van der Waals surface area contributed by atoms with Gasteiger partial charge in [-0.3, -0.25) is 4.79 Å². The van der Waals surface area contributed by atoms with Crippen LogP contribution in [0.5, 0.6) is 0 Å². The highest BCUT2D eigenvalue weighted by atomic mass is 16.1. The van der Waals surface area contributed by atoms with E-state index in [4.69, 9.17) is 0 Å². The summed E-state index contributed by atoms with van der Waals surface area (Å²) in [4.78, 5) is 18.4. The van der Waals surface area contributed by atoms with E-state index in [1.54, 1.807) is 12.4 Å². The first-order valence-corrected chi connectivity index (χ1v) is 6.92. The van der Waals surface area contributed by atoms with Crippen LogP contribution >= 0.6 is 0 Å². The average Bonchev–Trinajstić information content (AvgIpc) is 3.11. The van der Waals surface area contributed by atoms with E-state index in [0.29, 0.717) is 11.9 Å². The van der Waals surface area contributed by atoms with E-state index in [2.05, 4.69) is 31.1 Å². The maximum Gasteiger partial charge on any atom is 0.293 e. The van der Waals surface area contributed by atoms with Crippen molar-refractivity contribution in [2.75, 3.05) is 25.0 Å². The van der Waals surface area contributed by atoms with Crippen LogP contribution in [-0.2, 0) is 0 Å². The zero-order valence-electron chi connectivity index (χ0n) is 12.3. The summed E-state index contributed by atoms with van der Waals surface area (Å²) in [6.07, 6.45) is 5.74. The predicted octanol–water partition coefficient (Wildman–Crippen LogP) is 1.40. The van der Waals surface area contributed by atoms with E-state index in [-0.39, 0.29) is 11.1 Å². The van der Waals surface area contributed by atoms with Crippen LogP contribution in [0.2, 0.25) is 0 Å². The van der Waals surface area contributed by atoms with Gasteiger partial charge in [0.1, 0.15) is 0 Å². The molecule has 0 spiro atoms. The lowest BCUT2D eigenvalue weighted by Crippen LogP contribution is -2.42. The van der Waals surface area contributed by atoms with Gasteiger partial charge in [-0.25, -0.2) is 4.98 Å². The SMILES string of the molecule is CN(CCNC(C)(C)C)c1nccn(C2CC2)c1=O. The van der Waals surface area contributed by atoms with Crippen LogP contribution in [0.4, 0.5) is 5.82 Å². The Morgan fingerprint density at radius 2 is 2.16 bits per heavy atom. The summed E-state index contributed by atoms with van der Waals surface area (Å²) < 4.78 is 1.82. The minimum absolute atomic E-state index is 0.0308. The molecule has 0 radical (unpaired) electrons. The van der Waals surface area contributed by atoms with Crippen molar-refractivity contribution in [1.82, 2.24) is 14.9 Å². The molecule has 5 nitrogen and oxygen atoms in total. The largest absolute Gasteiger partial charge is 0.354 e. The first kappa shape index (κ1) is 14.1. The van der Waals surface area contributed by atoms with Crippen molar-refractivity contribution >= 4 is 5.82 Å². The smallest absolute Gasteiger partial charge is 0.293 e. The lowest BCUT2D eigenvalue weighted by Gasteiger charge is -2.24. The molecule has 0 atom stereocenters. The third-order valence-corrected chi connectivity index (χ3v) is 3.25. The summed E-state index contributed by atoms with van der Waals surface area (Å²) in [5, 5.41) is 3.41. The Labute approximate surface area is 114 Å². The molecule has 1 heterocycles. The van der Waals surface area contributed by atoms with Crippen LogP contribution in [0, 0.1) is 0 Å². The number of hydrogen-bond acceptors (Lipinski definition) is 4. The number of aromatic nitrogens is 2. The van der Waals surface area contributed by atoms with Crippen molar-refractivity contribution < 1.29 is 0 Å². The Kier molecular flexibility index (Phi) is 3.94. The van der Waals surface area contributed by atoms with E-state index in [9.17, 15) is 4.79 Å². The van der Waals surface area contributed by atoms with Gasteiger partial charge in [-0.1, -0.05) is 0 Å². The number of rotatable bonds is 5. The Bertz CT molecular complexity index is 485. The second kappa shape index (κ2) is 5.33. The summed E-state index contributed by atoms with van der Waals surface area (Å²) in [5.41, 5.74) is 0.127. The number of nitrogens with zero attached hydrogens (tertiary/aromatic N) is 3. The van der Waals surface area contributed by atoms with Gasteiger partial charge >= 0.3 is 0 Å². The standard InChI is InChI=1S/C14H24N4O/c1-14(2,3)16-8-9-17(4)12-13(19)18(10-7-15-12)11-5-6-11/h7,10-11,16H,5-6,8-9H2,1-4H3. The molecule has 5 heteroatoms. The van der Waals surface area contributed by atoms with E-state index in [1.807, 2.05) is 16.5 Å². The van der Waals surface area contributed by atoms with Crippen molar-refractivity contribution in [1.29, 1.82) is 0 Å².